The minimum Gasteiger partial charge on any atom is -0.458 e. The summed E-state index contributed by atoms with van der Waals surface area (Å²) in [6.07, 6.45) is -1.02. The Balaban J connectivity index is 2.55. The molecule has 2 rings (SSSR count). The minimum absolute atomic E-state index is 0.117. The van der Waals surface area contributed by atoms with E-state index < -0.39 is 65.2 Å². The molecule has 0 saturated carbocycles. The lowest BCUT2D eigenvalue weighted by atomic mass is 9.99. The van der Waals surface area contributed by atoms with E-state index >= 15 is 0 Å². The molecule has 2 aromatic carbocycles. The monoisotopic (exact) mass is 624 g/mol. The van der Waals surface area contributed by atoms with E-state index in [1.807, 2.05) is 30.3 Å². The second kappa shape index (κ2) is 16.1. The van der Waals surface area contributed by atoms with Crippen LogP contribution in [0.3, 0.4) is 0 Å². The van der Waals surface area contributed by atoms with Crippen LogP contribution in [0.4, 0.5) is 4.79 Å². The molecule has 246 valence electrons. The summed E-state index contributed by atoms with van der Waals surface area (Å²) >= 11 is 0. The zero-order chi connectivity index (χ0) is 33.9. The molecule has 45 heavy (non-hydrogen) atoms. The van der Waals surface area contributed by atoms with E-state index in [-0.39, 0.29) is 19.3 Å². The van der Waals surface area contributed by atoms with Crippen LogP contribution in [-0.2, 0) is 35.1 Å². The van der Waals surface area contributed by atoms with Crippen LogP contribution in [0, 0.1) is 0 Å². The third-order valence-corrected chi connectivity index (χ3v) is 6.41. The zero-order valence-corrected chi connectivity index (χ0v) is 27.6. The number of hydrogen-bond donors (Lipinski definition) is 3. The summed E-state index contributed by atoms with van der Waals surface area (Å²) in [7, 11) is 0. The normalized spacial score (nSPS) is 13.6. The number of carbonyl (C=O) groups is 5. The first kappa shape index (κ1) is 36.8. The van der Waals surface area contributed by atoms with Gasteiger partial charge < -0.3 is 30.7 Å². The Morgan fingerprint density at radius 2 is 1.31 bits per heavy atom. The molecule has 2 aromatic rings. The highest BCUT2D eigenvalue weighted by Gasteiger charge is 2.39. The lowest BCUT2D eigenvalue weighted by Gasteiger charge is -2.37. The number of esters is 1. The molecule has 0 aliphatic carbocycles. The third-order valence-electron chi connectivity index (χ3n) is 6.41. The lowest BCUT2D eigenvalue weighted by molar-refractivity contribution is -0.159. The molecule has 4 amide bonds. The van der Waals surface area contributed by atoms with E-state index in [2.05, 4.69) is 10.6 Å². The molecule has 0 bridgehead atoms. The lowest BCUT2D eigenvalue weighted by Crippen LogP contribution is -2.56. The minimum atomic E-state index is -1.24. The van der Waals surface area contributed by atoms with Gasteiger partial charge in [-0.3, -0.25) is 14.4 Å². The van der Waals surface area contributed by atoms with Crippen molar-refractivity contribution in [1.82, 2.24) is 15.5 Å². The molecular weight excluding hydrogens is 576 g/mol. The smallest absolute Gasteiger partial charge is 0.408 e. The molecule has 0 aromatic heterocycles. The fraction of sp³-hybridized carbons (Fsp3) is 0.500. The summed E-state index contributed by atoms with van der Waals surface area (Å²) in [5.41, 5.74) is 5.01. The van der Waals surface area contributed by atoms with Crippen molar-refractivity contribution >= 4 is 29.8 Å². The summed E-state index contributed by atoms with van der Waals surface area (Å²) in [4.78, 5) is 67.6. The second-order valence-corrected chi connectivity index (χ2v) is 13.1. The van der Waals surface area contributed by atoms with Crippen molar-refractivity contribution in [3.05, 3.63) is 71.8 Å². The van der Waals surface area contributed by atoms with E-state index in [0.717, 1.165) is 5.56 Å². The Labute approximate surface area is 266 Å². The number of nitrogens with one attached hydrogen (secondary N) is 2. The highest BCUT2D eigenvalue weighted by Crippen LogP contribution is 2.26. The van der Waals surface area contributed by atoms with Crippen molar-refractivity contribution in [2.24, 2.45) is 5.73 Å². The highest BCUT2D eigenvalue weighted by atomic mass is 16.6. The molecule has 0 saturated heterocycles. The van der Waals surface area contributed by atoms with E-state index in [4.69, 9.17) is 15.2 Å². The first-order valence-corrected chi connectivity index (χ1v) is 15.1. The number of nitrogens with two attached hydrogens (primary N) is 1. The van der Waals surface area contributed by atoms with Gasteiger partial charge in [-0.2, -0.15) is 0 Å². The standard InChI is InChI=1S/C34H48N4O7/c1-22(2)38(30(41)25(19-20-27(35)39)37-32(43)45-34(6,7)8)28(24-17-13-10-14-18-24)29(40)36-26(31(42)44-33(3,4)5)21-23-15-11-9-12-16-23/h9-18,22,25-26,28H,19-21H2,1-8H3,(H2,35,39)(H,36,40)(H,37,43). The van der Waals surface area contributed by atoms with Crippen LogP contribution in [0.2, 0.25) is 0 Å². The molecule has 3 unspecified atom stereocenters. The summed E-state index contributed by atoms with van der Waals surface area (Å²) in [5.74, 6) is -2.54. The van der Waals surface area contributed by atoms with Gasteiger partial charge in [-0.1, -0.05) is 60.7 Å². The predicted octanol–water partition coefficient (Wildman–Crippen LogP) is 4.19. The maximum Gasteiger partial charge on any atom is 0.408 e. The maximum absolute atomic E-state index is 14.3. The average molecular weight is 625 g/mol. The fourth-order valence-electron chi connectivity index (χ4n) is 4.59. The van der Waals surface area contributed by atoms with Crippen LogP contribution in [0.25, 0.3) is 0 Å². The van der Waals surface area contributed by atoms with Crippen LogP contribution in [0.5, 0.6) is 0 Å². The number of carbonyl (C=O) groups excluding carboxylic acids is 5. The summed E-state index contributed by atoms with van der Waals surface area (Å²) in [6, 6.07) is 13.8. The van der Waals surface area contributed by atoms with Crippen LogP contribution in [0.1, 0.15) is 85.4 Å². The maximum atomic E-state index is 14.3. The Morgan fingerprint density at radius 3 is 1.80 bits per heavy atom. The van der Waals surface area contributed by atoms with Crippen LogP contribution < -0.4 is 16.4 Å². The molecule has 11 heteroatoms. The Morgan fingerprint density at radius 1 is 0.778 bits per heavy atom. The van der Waals surface area contributed by atoms with Gasteiger partial charge in [0.15, 0.2) is 0 Å². The summed E-state index contributed by atoms with van der Waals surface area (Å²) < 4.78 is 11.0. The molecule has 11 nitrogen and oxygen atoms in total. The van der Waals surface area contributed by atoms with Gasteiger partial charge >= 0.3 is 12.1 Å². The molecule has 4 N–H and O–H groups in total. The number of primary amides is 1. The van der Waals surface area contributed by atoms with Gasteiger partial charge in [-0.15, -0.1) is 0 Å². The van der Waals surface area contributed by atoms with Crippen molar-refractivity contribution in [3.8, 4) is 0 Å². The van der Waals surface area contributed by atoms with Gasteiger partial charge in [0.1, 0.15) is 29.3 Å². The molecule has 3 atom stereocenters. The molecule has 0 radical (unpaired) electrons. The topological polar surface area (TPSA) is 157 Å². The van der Waals surface area contributed by atoms with Gasteiger partial charge in [-0.05, 0) is 72.9 Å². The van der Waals surface area contributed by atoms with Crippen molar-refractivity contribution in [3.63, 3.8) is 0 Å². The number of hydrogen-bond acceptors (Lipinski definition) is 7. The number of alkyl carbamates (subject to hydrolysis) is 1. The van der Waals surface area contributed by atoms with E-state index in [1.165, 1.54) is 4.90 Å². The Bertz CT molecular complexity index is 1300. The largest absolute Gasteiger partial charge is 0.458 e. The number of rotatable bonds is 13. The Kier molecular flexibility index (Phi) is 13.1. The van der Waals surface area contributed by atoms with Gasteiger partial charge in [0.2, 0.25) is 17.7 Å². The zero-order valence-electron chi connectivity index (χ0n) is 27.6. The van der Waals surface area contributed by atoms with Crippen molar-refractivity contribution in [2.45, 2.75) is 110 Å². The quantitative estimate of drug-likeness (QED) is 0.282. The Hall–Kier alpha value is -4.41. The number of ether oxygens (including phenoxy) is 2. The van der Waals surface area contributed by atoms with E-state index in [0.29, 0.717) is 5.56 Å². The second-order valence-electron chi connectivity index (χ2n) is 13.1. The highest BCUT2D eigenvalue weighted by molar-refractivity contribution is 5.94. The summed E-state index contributed by atoms with van der Waals surface area (Å²) in [5, 5.41) is 5.40. The number of amides is 4. The predicted molar refractivity (Wildman–Crippen MR) is 171 cm³/mol. The van der Waals surface area contributed by atoms with Crippen molar-refractivity contribution in [1.29, 1.82) is 0 Å². The molecule has 0 heterocycles. The molecule has 0 aliphatic heterocycles. The van der Waals surface area contributed by atoms with Gasteiger partial charge in [0, 0.05) is 18.9 Å². The van der Waals surface area contributed by atoms with Crippen molar-refractivity contribution < 1.29 is 33.4 Å². The van der Waals surface area contributed by atoms with Crippen LogP contribution >= 0.6 is 0 Å². The van der Waals surface area contributed by atoms with Gasteiger partial charge in [0.05, 0.1) is 0 Å². The third kappa shape index (κ3) is 12.6. The summed E-state index contributed by atoms with van der Waals surface area (Å²) in [6.45, 7) is 13.7. The number of benzene rings is 2. The molecular formula is C34H48N4O7. The van der Waals surface area contributed by atoms with Crippen molar-refractivity contribution in [2.75, 3.05) is 0 Å². The van der Waals surface area contributed by atoms with Gasteiger partial charge in [0.25, 0.3) is 0 Å². The fourth-order valence-corrected chi connectivity index (χ4v) is 4.59. The molecule has 0 fully saturated rings. The van der Waals surface area contributed by atoms with Crippen LogP contribution in [-0.4, -0.2) is 64.0 Å². The first-order chi connectivity index (χ1) is 20.9. The number of nitrogens with zero attached hydrogens (tertiary/aromatic N) is 1. The average Bonchev–Trinajstić information content (AvgIpc) is 2.92. The molecule has 0 spiro atoms. The molecule has 0 aliphatic rings. The van der Waals surface area contributed by atoms with Crippen LogP contribution in [0.15, 0.2) is 60.7 Å². The van der Waals surface area contributed by atoms with Gasteiger partial charge in [-0.25, -0.2) is 9.59 Å². The SMILES string of the molecule is CC(C)N(C(=O)C(CCC(N)=O)NC(=O)OC(C)(C)C)C(C(=O)NC(Cc1ccccc1)C(=O)OC(C)(C)C)c1ccccc1. The van der Waals surface area contributed by atoms with E-state index in [9.17, 15) is 24.0 Å². The van der Waals surface area contributed by atoms with E-state index in [1.54, 1.807) is 85.7 Å². The first-order valence-electron chi connectivity index (χ1n) is 15.1.